The summed E-state index contributed by atoms with van der Waals surface area (Å²) < 4.78 is 18.0. The number of halogens is 1. The first-order valence-corrected chi connectivity index (χ1v) is 6.27. The Morgan fingerprint density at radius 3 is 2.39 bits per heavy atom. The molecule has 0 heterocycles. The van der Waals surface area contributed by atoms with E-state index in [1.807, 2.05) is 0 Å². The average molecular weight is 248 g/mol. The lowest BCUT2D eigenvalue weighted by molar-refractivity contribution is -0.146. The molecule has 1 aliphatic rings. The van der Waals surface area contributed by atoms with Gasteiger partial charge in [-0.1, -0.05) is 38.0 Å². The van der Waals surface area contributed by atoms with E-state index in [1.54, 1.807) is 12.1 Å². The fraction of sp³-hybridized carbons (Fsp3) is 0.400. The molecule has 0 bridgehead atoms. The number of ether oxygens (including phenoxy) is 1. The minimum Gasteiger partial charge on any atom is -0.434 e. The third kappa shape index (κ3) is 2.30. The van der Waals surface area contributed by atoms with Crippen molar-refractivity contribution in [2.24, 2.45) is 0 Å². The summed E-state index contributed by atoms with van der Waals surface area (Å²) in [5, 5.41) is 0. The number of hydrogen-bond acceptors (Lipinski definition) is 2. The Balaban J connectivity index is 2.37. The molecule has 3 heteroatoms. The standard InChI is InChI=1S/C15H17FO2/c1-2-18-14(17)15(10-4-3-5-11-15)12-6-8-13(16)9-7-12/h2,6-9H,1,3-5,10-11H2. The van der Waals surface area contributed by atoms with Crippen LogP contribution in [0.4, 0.5) is 4.39 Å². The number of benzene rings is 1. The summed E-state index contributed by atoms with van der Waals surface area (Å²) in [5.41, 5.74) is 0.218. The van der Waals surface area contributed by atoms with Crippen LogP contribution >= 0.6 is 0 Å². The maximum atomic E-state index is 13.0. The lowest BCUT2D eigenvalue weighted by atomic mass is 9.69. The summed E-state index contributed by atoms with van der Waals surface area (Å²) >= 11 is 0. The van der Waals surface area contributed by atoms with E-state index in [4.69, 9.17) is 4.74 Å². The highest BCUT2D eigenvalue weighted by Crippen LogP contribution is 2.40. The first-order chi connectivity index (χ1) is 8.69. The van der Waals surface area contributed by atoms with Gasteiger partial charge in [0, 0.05) is 0 Å². The Labute approximate surface area is 106 Å². The quantitative estimate of drug-likeness (QED) is 0.602. The molecule has 1 aromatic carbocycles. The minimum absolute atomic E-state index is 0.274. The van der Waals surface area contributed by atoms with Gasteiger partial charge in [0.05, 0.1) is 11.7 Å². The van der Waals surface area contributed by atoms with Gasteiger partial charge in [-0.05, 0) is 30.5 Å². The zero-order valence-electron chi connectivity index (χ0n) is 10.3. The van der Waals surface area contributed by atoms with Gasteiger partial charge in [-0.25, -0.2) is 4.39 Å². The summed E-state index contributed by atoms with van der Waals surface area (Å²) in [7, 11) is 0. The van der Waals surface area contributed by atoms with Crippen molar-refractivity contribution in [1.82, 2.24) is 0 Å². The lowest BCUT2D eigenvalue weighted by Crippen LogP contribution is -2.38. The molecule has 1 fully saturated rings. The number of rotatable bonds is 3. The van der Waals surface area contributed by atoms with Crippen molar-refractivity contribution >= 4 is 5.97 Å². The van der Waals surface area contributed by atoms with Crippen molar-refractivity contribution in [3.8, 4) is 0 Å². The van der Waals surface area contributed by atoms with Crippen LogP contribution in [0, 0.1) is 5.82 Å². The third-order valence-electron chi connectivity index (χ3n) is 3.69. The van der Waals surface area contributed by atoms with Crippen molar-refractivity contribution in [2.75, 3.05) is 0 Å². The smallest absolute Gasteiger partial charge is 0.321 e. The number of carbonyl (C=O) groups excluding carboxylic acids is 1. The summed E-state index contributed by atoms with van der Waals surface area (Å²) in [6.45, 7) is 3.43. The number of esters is 1. The first-order valence-electron chi connectivity index (χ1n) is 6.27. The van der Waals surface area contributed by atoms with Gasteiger partial charge in [0.15, 0.2) is 0 Å². The molecule has 0 aliphatic heterocycles. The Morgan fingerprint density at radius 1 is 1.22 bits per heavy atom. The molecule has 2 rings (SSSR count). The molecule has 0 unspecified atom stereocenters. The highest BCUT2D eigenvalue weighted by molar-refractivity contribution is 5.83. The molecule has 18 heavy (non-hydrogen) atoms. The van der Waals surface area contributed by atoms with Gasteiger partial charge in [-0.3, -0.25) is 4.79 Å². The maximum Gasteiger partial charge on any atom is 0.321 e. The predicted octanol–water partition coefficient (Wildman–Crippen LogP) is 3.71. The molecule has 0 atom stereocenters. The first kappa shape index (κ1) is 12.8. The molecule has 96 valence electrons. The van der Waals surface area contributed by atoms with E-state index in [0.29, 0.717) is 0 Å². The van der Waals surface area contributed by atoms with E-state index >= 15 is 0 Å². The zero-order chi connectivity index (χ0) is 13.0. The van der Waals surface area contributed by atoms with Gasteiger partial charge in [0.25, 0.3) is 0 Å². The lowest BCUT2D eigenvalue weighted by Gasteiger charge is -2.34. The van der Waals surface area contributed by atoms with Crippen molar-refractivity contribution < 1.29 is 13.9 Å². The van der Waals surface area contributed by atoms with E-state index in [9.17, 15) is 9.18 Å². The van der Waals surface area contributed by atoms with Gasteiger partial charge < -0.3 is 4.74 Å². The monoisotopic (exact) mass is 248 g/mol. The number of carbonyl (C=O) groups is 1. The minimum atomic E-state index is -0.625. The van der Waals surface area contributed by atoms with E-state index in [2.05, 4.69) is 6.58 Å². The topological polar surface area (TPSA) is 26.3 Å². The van der Waals surface area contributed by atoms with Crippen LogP contribution in [0.1, 0.15) is 37.7 Å². The molecule has 0 amide bonds. The summed E-state index contributed by atoms with van der Waals surface area (Å²) in [6.07, 6.45) is 5.79. The van der Waals surface area contributed by atoms with E-state index in [-0.39, 0.29) is 11.8 Å². The fourth-order valence-electron chi connectivity index (χ4n) is 2.72. The zero-order valence-corrected chi connectivity index (χ0v) is 10.3. The third-order valence-corrected chi connectivity index (χ3v) is 3.69. The molecule has 1 aromatic rings. The van der Waals surface area contributed by atoms with Crippen LogP contribution in [0.5, 0.6) is 0 Å². The summed E-state index contributed by atoms with van der Waals surface area (Å²) in [6, 6.07) is 6.16. The van der Waals surface area contributed by atoms with Crippen molar-refractivity contribution in [3.05, 3.63) is 48.5 Å². The fourth-order valence-corrected chi connectivity index (χ4v) is 2.72. The summed E-state index contributed by atoms with van der Waals surface area (Å²) in [4.78, 5) is 12.2. The van der Waals surface area contributed by atoms with Gasteiger partial charge in [-0.2, -0.15) is 0 Å². The second-order valence-electron chi connectivity index (χ2n) is 4.72. The Hall–Kier alpha value is -1.64. The SMILES string of the molecule is C=COC(=O)C1(c2ccc(F)cc2)CCCCC1. The van der Waals surface area contributed by atoms with Crippen LogP contribution < -0.4 is 0 Å². The highest BCUT2D eigenvalue weighted by atomic mass is 19.1. The Kier molecular flexibility index (Phi) is 3.80. The predicted molar refractivity (Wildman–Crippen MR) is 67.5 cm³/mol. The average Bonchev–Trinajstić information content (AvgIpc) is 2.40. The Bertz CT molecular complexity index is 430. The van der Waals surface area contributed by atoms with Crippen LogP contribution in [0.25, 0.3) is 0 Å². The molecule has 0 saturated heterocycles. The second-order valence-corrected chi connectivity index (χ2v) is 4.72. The summed E-state index contributed by atoms with van der Waals surface area (Å²) in [5.74, 6) is -0.564. The number of hydrogen-bond donors (Lipinski definition) is 0. The van der Waals surface area contributed by atoms with Crippen LogP contribution in [0.2, 0.25) is 0 Å². The molecule has 1 aliphatic carbocycles. The van der Waals surface area contributed by atoms with Gasteiger partial charge >= 0.3 is 5.97 Å². The molecule has 0 radical (unpaired) electrons. The normalized spacial score (nSPS) is 18.1. The Morgan fingerprint density at radius 2 is 1.83 bits per heavy atom. The van der Waals surface area contributed by atoms with E-state index in [1.165, 1.54) is 18.4 Å². The van der Waals surface area contributed by atoms with E-state index < -0.39 is 5.41 Å². The van der Waals surface area contributed by atoms with Crippen LogP contribution in [-0.2, 0) is 14.9 Å². The molecular weight excluding hydrogens is 231 g/mol. The van der Waals surface area contributed by atoms with Crippen LogP contribution in [0.3, 0.4) is 0 Å². The highest BCUT2D eigenvalue weighted by Gasteiger charge is 2.42. The largest absolute Gasteiger partial charge is 0.434 e. The van der Waals surface area contributed by atoms with Gasteiger partial charge in [0.2, 0.25) is 0 Å². The van der Waals surface area contributed by atoms with Crippen LogP contribution in [0.15, 0.2) is 37.1 Å². The molecule has 1 saturated carbocycles. The molecule has 2 nitrogen and oxygen atoms in total. The molecule has 0 N–H and O–H groups in total. The van der Waals surface area contributed by atoms with Gasteiger partial charge in [0.1, 0.15) is 5.82 Å². The van der Waals surface area contributed by atoms with Crippen LogP contribution in [-0.4, -0.2) is 5.97 Å². The second kappa shape index (κ2) is 5.34. The van der Waals surface area contributed by atoms with Crippen molar-refractivity contribution in [2.45, 2.75) is 37.5 Å². The maximum absolute atomic E-state index is 13.0. The molecule has 0 spiro atoms. The van der Waals surface area contributed by atoms with E-state index in [0.717, 1.165) is 37.7 Å². The van der Waals surface area contributed by atoms with Crippen molar-refractivity contribution in [1.29, 1.82) is 0 Å². The van der Waals surface area contributed by atoms with Crippen molar-refractivity contribution in [3.63, 3.8) is 0 Å². The molecule has 0 aromatic heterocycles. The van der Waals surface area contributed by atoms with Gasteiger partial charge in [-0.15, -0.1) is 0 Å². The molecular formula is C15H17FO2.